The molecule has 0 saturated heterocycles. The first-order chi connectivity index (χ1) is 13.7. The summed E-state index contributed by atoms with van der Waals surface area (Å²) in [6, 6.07) is 14.9. The van der Waals surface area contributed by atoms with Crippen molar-refractivity contribution in [3.05, 3.63) is 72.3 Å². The first kappa shape index (κ1) is 17.9. The van der Waals surface area contributed by atoms with Gasteiger partial charge in [-0.3, -0.25) is 9.59 Å². The third kappa shape index (κ3) is 4.09. The summed E-state index contributed by atoms with van der Waals surface area (Å²) in [6.07, 6.45) is 6.79. The lowest BCUT2D eigenvalue weighted by molar-refractivity contribution is -0.115. The minimum atomic E-state index is -0.284. The van der Waals surface area contributed by atoms with Crippen molar-refractivity contribution >= 4 is 17.5 Å². The van der Waals surface area contributed by atoms with E-state index in [2.05, 4.69) is 20.7 Å². The number of benzene rings is 2. The molecule has 7 nitrogen and oxygen atoms in total. The topological polar surface area (TPSA) is 88.9 Å². The number of amides is 2. The fourth-order valence-corrected chi connectivity index (χ4v) is 3.16. The highest BCUT2D eigenvalue weighted by atomic mass is 16.2. The van der Waals surface area contributed by atoms with Crippen molar-refractivity contribution in [3.63, 3.8) is 0 Å². The molecule has 2 amide bonds. The summed E-state index contributed by atoms with van der Waals surface area (Å²) in [5.41, 5.74) is 3.34. The van der Waals surface area contributed by atoms with Crippen molar-refractivity contribution in [1.29, 1.82) is 0 Å². The Kier molecular flexibility index (Phi) is 5.14. The maximum Gasteiger partial charge on any atom is 0.251 e. The molecule has 0 aliphatic heterocycles. The SMILES string of the molecule is O=C(CNC(=O)c1ccc(C2CCC2)cc1)Nc1ccc(-n2cncn2)cc1. The molecule has 1 fully saturated rings. The predicted octanol–water partition coefficient (Wildman–Crippen LogP) is 2.90. The zero-order valence-corrected chi connectivity index (χ0v) is 15.3. The molecular weight excluding hydrogens is 354 g/mol. The molecule has 7 heteroatoms. The molecule has 1 heterocycles. The summed E-state index contributed by atoms with van der Waals surface area (Å²) in [6.45, 7) is -0.0892. The molecule has 0 unspecified atom stereocenters. The summed E-state index contributed by atoms with van der Waals surface area (Å²) in [5, 5.41) is 9.47. The standard InChI is InChI=1S/C21H21N5O2/c27-20(25-18-8-10-19(11-9-18)26-14-22-13-24-26)12-23-21(28)17-6-4-16(5-7-17)15-2-1-3-15/h4-11,13-15H,1-3,12H2,(H,23,28)(H,25,27). The second-order valence-electron chi connectivity index (χ2n) is 6.87. The number of hydrogen-bond donors (Lipinski definition) is 2. The molecule has 1 aliphatic carbocycles. The molecule has 3 aromatic rings. The maximum absolute atomic E-state index is 12.2. The second-order valence-corrected chi connectivity index (χ2v) is 6.87. The van der Waals surface area contributed by atoms with Gasteiger partial charge in [0.15, 0.2) is 0 Å². The van der Waals surface area contributed by atoms with E-state index in [4.69, 9.17) is 0 Å². The van der Waals surface area contributed by atoms with Crippen LogP contribution in [0.4, 0.5) is 5.69 Å². The van der Waals surface area contributed by atoms with Crippen LogP contribution in [-0.4, -0.2) is 33.1 Å². The highest BCUT2D eigenvalue weighted by Gasteiger charge is 2.19. The summed E-state index contributed by atoms with van der Waals surface area (Å²) in [7, 11) is 0. The van der Waals surface area contributed by atoms with Crippen LogP contribution in [0.2, 0.25) is 0 Å². The first-order valence-electron chi connectivity index (χ1n) is 9.32. The lowest BCUT2D eigenvalue weighted by Gasteiger charge is -2.25. The minimum absolute atomic E-state index is 0.0892. The van der Waals surface area contributed by atoms with Gasteiger partial charge in [0.2, 0.25) is 5.91 Å². The summed E-state index contributed by atoms with van der Waals surface area (Å²) < 4.78 is 1.63. The Bertz CT molecular complexity index is 945. The number of nitrogens with zero attached hydrogens (tertiary/aromatic N) is 3. The Morgan fingerprint density at radius 1 is 1.04 bits per heavy atom. The number of anilines is 1. The molecule has 2 N–H and O–H groups in total. The average Bonchev–Trinajstić information content (AvgIpc) is 3.21. The highest BCUT2D eigenvalue weighted by Crippen LogP contribution is 2.36. The van der Waals surface area contributed by atoms with Gasteiger partial charge in [-0.05, 0) is 60.7 Å². The van der Waals surface area contributed by atoms with Crippen LogP contribution in [0.5, 0.6) is 0 Å². The van der Waals surface area contributed by atoms with Crippen molar-refractivity contribution in [2.24, 2.45) is 0 Å². The first-order valence-corrected chi connectivity index (χ1v) is 9.32. The van der Waals surface area contributed by atoms with Crippen LogP contribution in [0, 0.1) is 0 Å². The molecule has 28 heavy (non-hydrogen) atoms. The van der Waals surface area contributed by atoms with Crippen molar-refractivity contribution in [3.8, 4) is 5.69 Å². The Hall–Kier alpha value is -3.48. The Balaban J connectivity index is 1.27. The van der Waals surface area contributed by atoms with Gasteiger partial charge in [-0.25, -0.2) is 9.67 Å². The van der Waals surface area contributed by atoms with Crippen LogP contribution in [0.15, 0.2) is 61.2 Å². The van der Waals surface area contributed by atoms with Gasteiger partial charge in [0.25, 0.3) is 5.91 Å². The quantitative estimate of drug-likeness (QED) is 0.693. The molecule has 0 spiro atoms. The molecule has 4 rings (SSSR count). The Labute approximate surface area is 162 Å². The zero-order chi connectivity index (χ0) is 19.3. The Morgan fingerprint density at radius 2 is 1.79 bits per heavy atom. The van der Waals surface area contributed by atoms with Crippen LogP contribution in [0.3, 0.4) is 0 Å². The summed E-state index contributed by atoms with van der Waals surface area (Å²) in [4.78, 5) is 28.2. The van der Waals surface area contributed by atoms with Crippen LogP contribution in [0.25, 0.3) is 5.69 Å². The van der Waals surface area contributed by atoms with Gasteiger partial charge in [-0.2, -0.15) is 5.10 Å². The smallest absolute Gasteiger partial charge is 0.251 e. The van der Waals surface area contributed by atoms with Crippen molar-refractivity contribution in [2.75, 3.05) is 11.9 Å². The summed E-state index contributed by atoms with van der Waals surface area (Å²) >= 11 is 0. The van der Waals surface area contributed by atoms with E-state index in [1.807, 2.05) is 36.4 Å². The van der Waals surface area contributed by atoms with Crippen molar-refractivity contribution < 1.29 is 9.59 Å². The largest absolute Gasteiger partial charge is 0.343 e. The molecular formula is C21H21N5O2. The van der Waals surface area contributed by atoms with Crippen molar-refractivity contribution in [1.82, 2.24) is 20.1 Å². The van der Waals surface area contributed by atoms with Gasteiger partial charge in [-0.15, -0.1) is 0 Å². The fourth-order valence-electron chi connectivity index (χ4n) is 3.16. The van der Waals surface area contributed by atoms with E-state index < -0.39 is 0 Å². The monoisotopic (exact) mass is 375 g/mol. The molecule has 1 saturated carbocycles. The molecule has 0 radical (unpaired) electrons. The van der Waals surface area contributed by atoms with Gasteiger partial charge in [-0.1, -0.05) is 18.6 Å². The van der Waals surface area contributed by atoms with E-state index in [1.165, 1.54) is 31.2 Å². The molecule has 0 atom stereocenters. The van der Waals surface area contributed by atoms with Gasteiger partial charge in [0.1, 0.15) is 12.7 Å². The zero-order valence-electron chi connectivity index (χ0n) is 15.3. The molecule has 1 aliphatic rings. The van der Waals surface area contributed by atoms with Crippen molar-refractivity contribution in [2.45, 2.75) is 25.2 Å². The van der Waals surface area contributed by atoms with Gasteiger partial charge >= 0.3 is 0 Å². The number of nitrogens with one attached hydrogen (secondary N) is 2. The van der Waals surface area contributed by atoms with E-state index in [0.29, 0.717) is 17.2 Å². The Morgan fingerprint density at radius 3 is 2.39 bits per heavy atom. The number of aromatic nitrogens is 3. The molecule has 1 aromatic heterocycles. The second kappa shape index (κ2) is 8.04. The molecule has 2 aromatic carbocycles. The lowest BCUT2D eigenvalue weighted by Crippen LogP contribution is -2.32. The molecule has 0 bridgehead atoms. The minimum Gasteiger partial charge on any atom is -0.343 e. The van der Waals surface area contributed by atoms with Crippen LogP contribution < -0.4 is 10.6 Å². The van der Waals surface area contributed by atoms with Crippen LogP contribution in [-0.2, 0) is 4.79 Å². The number of carbonyl (C=O) groups excluding carboxylic acids is 2. The maximum atomic E-state index is 12.2. The van der Waals surface area contributed by atoms with Gasteiger partial charge in [0, 0.05) is 11.3 Å². The van der Waals surface area contributed by atoms with Gasteiger partial charge in [0.05, 0.1) is 12.2 Å². The normalized spacial score (nSPS) is 13.6. The van der Waals surface area contributed by atoms with E-state index in [9.17, 15) is 9.59 Å². The third-order valence-electron chi connectivity index (χ3n) is 4.99. The van der Waals surface area contributed by atoms with Crippen LogP contribution in [0.1, 0.15) is 41.1 Å². The van der Waals surface area contributed by atoms with E-state index in [0.717, 1.165) is 5.69 Å². The number of carbonyl (C=O) groups is 2. The van der Waals surface area contributed by atoms with Gasteiger partial charge < -0.3 is 10.6 Å². The highest BCUT2D eigenvalue weighted by molar-refractivity contribution is 5.99. The predicted molar refractivity (Wildman–Crippen MR) is 105 cm³/mol. The molecule has 142 valence electrons. The van der Waals surface area contributed by atoms with E-state index in [-0.39, 0.29) is 18.4 Å². The third-order valence-corrected chi connectivity index (χ3v) is 4.99. The van der Waals surface area contributed by atoms with E-state index >= 15 is 0 Å². The average molecular weight is 375 g/mol. The fraction of sp³-hybridized carbons (Fsp3) is 0.238. The lowest BCUT2D eigenvalue weighted by atomic mass is 9.80. The van der Waals surface area contributed by atoms with E-state index in [1.54, 1.807) is 23.1 Å². The summed E-state index contributed by atoms with van der Waals surface area (Å²) in [5.74, 6) is 0.101. The van der Waals surface area contributed by atoms with Crippen LogP contribution >= 0.6 is 0 Å². The number of rotatable bonds is 6. The number of hydrogen-bond acceptors (Lipinski definition) is 4.